The molecule has 3 nitrogen and oxygen atoms in total. The Labute approximate surface area is 115 Å². The fourth-order valence-electron chi connectivity index (χ4n) is 1.89. The van der Waals surface area contributed by atoms with Crippen LogP contribution in [-0.4, -0.2) is 19.1 Å². The molecule has 104 valence electrons. The van der Waals surface area contributed by atoms with Crippen molar-refractivity contribution in [3.05, 3.63) is 35.4 Å². The smallest absolute Gasteiger partial charge is 0.244 e. The quantitative estimate of drug-likeness (QED) is 0.798. The first kappa shape index (κ1) is 15.3. The Morgan fingerprint density at radius 1 is 1.37 bits per heavy atom. The molecular weight excluding hydrogens is 238 g/mol. The van der Waals surface area contributed by atoms with Crippen LogP contribution < -0.4 is 10.1 Å². The first-order chi connectivity index (χ1) is 9.10. The third-order valence-electron chi connectivity index (χ3n) is 3.13. The van der Waals surface area contributed by atoms with Crippen LogP contribution in [0.1, 0.15) is 37.8 Å². The van der Waals surface area contributed by atoms with Gasteiger partial charge in [0.15, 0.2) is 0 Å². The van der Waals surface area contributed by atoms with Gasteiger partial charge < -0.3 is 10.1 Å². The van der Waals surface area contributed by atoms with E-state index in [2.05, 4.69) is 19.2 Å². The summed E-state index contributed by atoms with van der Waals surface area (Å²) >= 11 is 0. The number of benzene rings is 1. The van der Waals surface area contributed by atoms with E-state index >= 15 is 0 Å². The zero-order valence-electron chi connectivity index (χ0n) is 12.2. The van der Waals surface area contributed by atoms with Crippen LogP contribution in [0, 0.1) is 6.92 Å². The number of rotatable bonds is 6. The van der Waals surface area contributed by atoms with Crippen molar-refractivity contribution in [1.82, 2.24) is 5.32 Å². The van der Waals surface area contributed by atoms with E-state index in [1.807, 2.05) is 25.1 Å². The minimum absolute atomic E-state index is 0.0581. The van der Waals surface area contributed by atoms with Gasteiger partial charge in [0.05, 0.1) is 7.11 Å². The summed E-state index contributed by atoms with van der Waals surface area (Å²) in [5, 5.41) is 2.97. The van der Waals surface area contributed by atoms with E-state index < -0.39 is 0 Å². The highest BCUT2D eigenvalue weighted by Gasteiger charge is 2.05. The molecule has 0 spiro atoms. The Balaban J connectivity index is 2.75. The molecule has 3 heteroatoms. The van der Waals surface area contributed by atoms with Crippen molar-refractivity contribution in [3.8, 4) is 5.75 Å². The first-order valence-corrected chi connectivity index (χ1v) is 6.73. The van der Waals surface area contributed by atoms with Crippen LogP contribution in [0.4, 0.5) is 0 Å². The highest BCUT2D eigenvalue weighted by Crippen LogP contribution is 2.20. The number of hydrogen-bond donors (Lipinski definition) is 1. The van der Waals surface area contributed by atoms with E-state index in [1.54, 1.807) is 19.3 Å². The van der Waals surface area contributed by atoms with Crippen molar-refractivity contribution >= 4 is 12.0 Å². The standard InChI is InChI=1S/C16H23NO2/c1-5-14(6-2)17-16(18)10-8-13-11-12(3)7-9-15(13)19-4/h7-11,14H,5-6H2,1-4H3,(H,17,18)/b10-8+. The molecule has 0 aliphatic rings. The Morgan fingerprint density at radius 2 is 2.05 bits per heavy atom. The van der Waals surface area contributed by atoms with Crippen LogP contribution in [0.3, 0.4) is 0 Å². The number of hydrogen-bond acceptors (Lipinski definition) is 2. The van der Waals surface area contributed by atoms with Gasteiger partial charge in [-0.3, -0.25) is 4.79 Å². The minimum Gasteiger partial charge on any atom is -0.496 e. The molecule has 0 heterocycles. The summed E-state index contributed by atoms with van der Waals surface area (Å²) in [5.41, 5.74) is 2.06. The van der Waals surface area contributed by atoms with Gasteiger partial charge in [0.25, 0.3) is 0 Å². The monoisotopic (exact) mass is 261 g/mol. The summed E-state index contributed by atoms with van der Waals surface area (Å²) < 4.78 is 5.27. The number of aryl methyl sites for hydroxylation is 1. The predicted octanol–water partition coefficient (Wildman–Crippen LogP) is 3.32. The van der Waals surface area contributed by atoms with Crippen molar-refractivity contribution < 1.29 is 9.53 Å². The molecule has 1 N–H and O–H groups in total. The first-order valence-electron chi connectivity index (χ1n) is 6.73. The molecule has 1 aromatic carbocycles. The molecule has 0 saturated carbocycles. The lowest BCUT2D eigenvalue weighted by molar-refractivity contribution is -0.117. The maximum absolute atomic E-state index is 11.8. The second-order valence-corrected chi connectivity index (χ2v) is 4.60. The maximum Gasteiger partial charge on any atom is 0.244 e. The normalized spacial score (nSPS) is 11.0. The average molecular weight is 261 g/mol. The molecule has 1 aromatic rings. The van der Waals surface area contributed by atoms with E-state index in [0.29, 0.717) is 0 Å². The van der Waals surface area contributed by atoms with Gasteiger partial charge >= 0.3 is 0 Å². The molecule has 0 fully saturated rings. The van der Waals surface area contributed by atoms with E-state index in [9.17, 15) is 4.79 Å². The topological polar surface area (TPSA) is 38.3 Å². The number of carbonyl (C=O) groups excluding carboxylic acids is 1. The number of nitrogens with one attached hydrogen (secondary N) is 1. The number of amides is 1. The number of carbonyl (C=O) groups is 1. The SMILES string of the molecule is CCC(CC)NC(=O)/C=C/c1cc(C)ccc1OC. The van der Waals surface area contributed by atoms with Gasteiger partial charge in [0, 0.05) is 17.7 Å². The zero-order chi connectivity index (χ0) is 14.3. The third kappa shape index (κ3) is 4.78. The molecule has 0 atom stereocenters. The van der Waals surface area contributed by atoms with Crippen LogP contribution in [0.5, 0.6) is 5.75 Å². The Kier molecular flexibility index (Phi) is 6.13. The largest absolute Gasteiger partial charge is 0.496 e. The molecule has 0 aliphatic carbocycles. The molecule has 0 saturated heterocycles. The summed E-state index contributed by atoms with van der Waals surface area (Å²) in [6, 6.07) is 6.14. The summed E-state index contributed by atoms with van der Waals surface area (Å²) in [5.74, 6) is 0.717. The van der Waals surface area contributed by atoms with Crippen molar-refractivity contribution in [2.45, 2.75) is 39.7 Å². The van der Waals surface area contributed by atoms with E-state index in [1.165, 1.54) is 0 Å². The Morgan fingerprint density at radius 3 is 2.63 bits per heavy atom. The number of ether oxygens (including phenoxy) is 1. The molecule has 0 bridgehead atoms. The van der Waals surface area contributed by atoms with Gasteiger partial charge in [-0.15, -0.1) is 0 Å². The molecule has 1 amide bonds. The molecule has 0 aromatic heterocycles. The van der Waals surface area contributed by atoms with Crippen LogP contribution >= 0.6 is 0 Å². The molecule has 1 rings (SSSR count). The van der Waals surface area contributed by atoms with Crippen molar-refractivity contribution in [2.75, 3.05) is 7.11 Å². The van der Waals surface area contributed by atoms with Crippen LogP contribution in [-0.2, 0) is 4.79 Å². The molecular formula is C16H23NO2. The van der Waals surface area contributed by atoms with Crippen LogP contribution in [0.2, 0.25) is 0 Å². The van der Waals surface area contributed by atoms with Gasteiger partial charge in [-0.1, -0.05) is 25.5 Å². The van der Waals surface area contributed by atoms with Gasteiger partial charge in [-0.05, 0) is 38.0 Å². The summed E-state index contributed by atoms with van der Waals surface area (Å²) in [7, 11) is 1.63. The second kappa shape index (κ2) is 7.62. The fraction of sp³-hybridized carbons (Fsp3) is 0.438. The lowest BCUT2D eigenvalue weighted by Crippen LogP contribution is -2.32. The van der Waals surface area contributed by atoms with E-state index in [-0.39, 0.29) is 11.9 Å². The predicted molar refractivity (Wildman–Crippen MR) is 79.3 cm³/mol. The highest BCUT2D eigenvalue weighted by molar-refractivity contribution is 5.92. The minimum atomic E-state index is -0.0581. The third-order valence-corrected chi connectivity index (χ3v) is 3.13. The van der Waals surface area contributed by atoms with Gasteiger partial charge in [-0.2, -0.15) is 0 Å². The molecule has 0 radical (unpaired) electrons. The van der Waals surface area contributed by atoms with E-state index in [0.717, 1.165) is 29.7 Å². The van der Waals surface area contributed by atoms with Gasteiger partial charge in [-0.25, -0.2) is 0 Å². The lowest BCUT2D eigenvalue weighted by atomic mass is 10.1. The van der Waals surface area contributed by atoms with Gasteiger partial charge in [0.2, 0.25) is 5.91 Å². The average Bonchev–Trinajstić information content (AvgIpc) is 2.42. The highest BCUT2D eigenvalue weighted by atomic mass is 16.5. The van der Waals surface area contributed by atoms with Crippen molar-refractivity contribution in [1.29, 1.82) is 0 Å². The van der Waals surface area contributed by atoms with Crippen LogP contribution in [0.25, 0.3) is 6.08 Å². The summed E-state index contributed by atoms with van der Waals surface area (Å²) in [6.45, 7) is 6.16. The molecule has 0 unspecified atom stereocenters. The van der Waals surface area contributed by atoms with Gasteiger partial charge in [0.1, 0.15) is 5.75 Å². The molecule has 0 aliphatic heterocycles. The van der Waals surface area contributed by atoms with E-state index in [4.69, 9.17) is 4.74 Å². The summed E-state index contributed by atoms with van der Waals surface area (Å²) in [6.07, 6.45) is 5.26. The fourth-order valence-corrected chi connectivity index (χ4v) is 1.89. The molecule has 19 heavy (non-hydrogen) atoms. The summed E-state index contributed by atoms with van der Waals surface area (Å²) in [4.78, 5) is 11.8. The zero-order valence-corrected chi connectivity index (χ0v) is 12.2. The number of methoxy groups -OCH3 is 1. The van der Waals surface area contributed by atoms with Crippen molar-refractivity contribution in [3.63, 3.8) is 0 Å². The van der Waals surface area contributed by atoms with Crippen LogP contribution in [0.15, 0.2) is 24.3 Å². The second-order valence-electron chi connectivity index (χ2n) is 4.60. The maximum atomic E-state index is 11.8. The Hall–Kier alpha value is -1.77. The lowest BCUT2D eigenvalue weighted by Gasteiger charge is -2.12. The van der Waals surface area contributed by atoms with Crippen molar-refractivity contribution in [2.24, 2.45) is 0 Å². The Bertz CT molecular complexity index is 448.